The Labute approximate surface area is 150 Å². The van der Waals surface area contributed by atoms with Crippen molar-refractivity contribution in [3.8, 4) is 5.75 Å². The number of aromatic amines is 1. The molecule has 4 aromatic rings. The Balaban J connectivity index is 1.68. The lowest BCUT2D eigenvalue weighted by Crippen LogP contribution is -2.27. The molecule has 1 amide bonds. The molecule has 0 saturated carbocycles. The molecule has 0 aliphatic rings. The summed E-state index contributed by atoms with van der Waals surface area (Å²) in [4.78, 5) is 17.3. The van der Waals surface area contributed by atoms with Crippen molar-refractivity contribution in [3.05, 3.63) is 66.1 Å². The van der Waals surface area contributed by atoms with E-state index in [0.29, 0.717) is 5.56 Å². The second-order valence-corrected chi connectivity index (χ2v) is 6.12. The molecule has 0 fully saturated rings. The molecule has 2 aromatic carbocycles. The van der Waals surface area contributed by atoms with Gasteiger partial charge in [0.15, 0.2) is 0 Å². The maximum Gasteiger partial charge on any atom is 0.252 e. The number of hydrogen-bond acceptors (Lipinski definition) is 4. The fourth-order valence-corrected chi connectivity index (χ4v) is 3.15. The van der Waals surface area contributed by atoms with Crippen molar-refractivity contribution in [2.45, 2.75) is 13.0 Å². The number of amides is 1. The lowest BCUT2D eigenvalue weighted by Gasteiger charge is -2.16. The predicted molar refractivity (Wildman–Crippen MR) is 100 cm³/mol. The van der Waals surface area contributed by atoms with Gasteiger partial charge in [-0.05, 0) is 42.6 Å². The molecule has 2 aromatic heterocycles. The monoisotopic (exact) mass is 346 g/mol. The molecule has 6 nitrogen and oxygen atoms in total. The van der Waals surface area contributed by atoms with Crippen LogP contribution in [0.5, 0.6) is 5.75 Å². The van der Waals surface area contributed by atoms with E-state index < -0.39 is 0 Å². The molecule has 130 valence electrons. The zero-order chi connectivity index (χ0) is 18.1. The minimum absolute atomic E-state index is 0.161. The zero-order valence-corrected chi connectivity index (χ0v) is 14.5. The molecule has 0 aliphatic carbocycles. The standard InChI is InChI=1S/C20H18N4O2/c1-12(19-16-10-14(26-2)7-6-13(16)8-9-21-19)23-20(25)15-4-3-5-18-17(15)11-22-24-18/h3-12H,1-2H3,(H,22,24)(H,23,25). The third kappa shape index (κ3) is 2.75. The summed E-state index contributed by atoms with van der Waals surface area (Å²) >= 11 is 0. The van der Waals surface area contributed by atoms with E-state index in [1.807, 2.05) is 43.3 Å². The highest BCUT2D eigenvalue weighted by Crippen LogP contribution is 2.26. The summed E-state index contributed by atoms with van der Waals surface area (Å²) in [5.41, 5.74) is 2.22. The Morgan fingerprint density at radius 3 is 2.92 bits per heavy atom. The van der Waals surface area contributed by atoms with Gasteiger partial charge in [0.05, 0.1) is 36.1 Å². The first-order valence-corrected chi connectivity index (χ1v) is 8.33. The topological polar surface area (TPSA) is 79.9 Å². The van der Waals surface area contributed by atoms with Crippen molar-refractivity contribution in [2.24, 2.45) is 0 Å². The van der Waals surface area contributed by atoms with Crippen LogP contribution in [0.1, 0.15) is 29.0 Å². The van der Waals surface area contributed by atoms with Gasteiger partial charge in [-0.25, -0.2) is 0 Å². The number of nitrogens with zero attached hydrogens (tertiary/aromatic N) is 2. The highest BCUT2D eigenvalue weighted by atomic mass is 16.5. The van der Waals surface area contributed by atoms with Crippen LogP contribution in [0, 0.1) is 0 Å². The van der Waals surface area contributed by atoms with Crippen LogP contribution in [0.25, 0.3) is 21.7 Å². The van der Waals surface area contributed by atoms with Crippen LogP contribution in [0.4, 0.5) is 0 Å². The second-order valence-electron chi connectivity index (χ2n) is 6.12. The Morgan fingerprint density at radius 1 is 1.19 bits per heavy atom. The molecule has 26 heavy (non-hydrogen) atoms. The number of rotatable bonds is 4. The number of methoxy groups -OCH3 is 1. The largest absolute Gasteiger partial charge is 0.497 e. The molecule has 6 heteroatoms. The number of ether oxygens (including phenoxy) is 1. The molecule has 4 rings (SSSR count). The fraction of sp³-hybridized carbons (Fsp3) is 0.150. The number of fused-ring (bicyclic) bond motifs is 2. The van der Waals surface area contributed by atoms with Crippen LogP contribution in [-0.4, -0.2) is 28.2 Å². The molecule has 0 saturated heterocycles. The number of nitrogens with one attached hydrogen (secondary N) is 2. The SMILES string of the molecule is COc1ccc2ccnc(C(C)NC(=O)c3cccc4[nH]ncc34)c2c1. The molecular formula is C20H18N4O2. The molecule has 0 spiro atoms. The first-order chi connectivity index (χ1) is 12.7. The van der Waals surface area contributed by atoms with Crippen molar-refractivity contribution in [2.75, 3.05) is 7.11 Å². The van der Waals surface area contributed by atoms with E-state index in [0.717, 1.165) is 33.1 Å². The number of pyridine rings is 1. The van der Waals surface area contributed by atoms with Gasteiger partial charge in [-0.15, -0.1) is 0 Å². The number of carbonyl (C=O) groups is 1. The van der Waals surface area contributed by atoms with E-state index in [4.69, 9.17) is 4.74 Å². The summed E-state index contributed by atoms with van der Waals surface area (Å²) < 4.78 is 5.32. The maximum absolute atomic E-state index is 12.8. The van der Waals surface area contributed by atoms with Crippen LogP contribution in [0.15, 0.2) is 54.9 Å². The Morgan fingerprint density at radius 2 is 2.08 bits per heavy atom. The number of H-pyrrole nitrogens is 1. The van der Waals surface area contributed by atoms with E-state index in [-0.39, 0.29) is 11.9 Å². The van der Waals surface area contributed by atoms with Gasteiger partial charge < -0.3 is 10.1 Å². The average Bonchev–Trinajstić information content (AvgIpc) is 3.15. The van der Waals surface area contributed by atoms with Crippen LogP contribution >= 0.6 is 0 Å². The van der Waals surface area contributed by atoms with Crippen LogP contribution in [0.3, 0.4) is 0 Å². The van der Waals surface area contributed by atoms with Crippen LogP contribution < -0.4 is 10.1 Å². The van der Waals surface area contributed by atoms with Crippen molar-refractivity contribution in [1.82, 2.24) is 20.5 Å². The predicted octanol–water partition coefficient (Wildman–Crippen LogP) is 3.61. The molecular weight excluding hydrogens is 328 g/mol. The number of aromatic nitrogens is 3. The summed E-state index contributed by atoms with van der Waals surface area (Å²) in [6.07, 6.45) is 3.42. The van der Waals surface area contributed by atoms with Gasteiger partial charge in [0.2, 0.25) is 0 Å². The molecule has 1 unspecified atom stereocenters. The number of hydrogen-bond donors (Lipinski definition) is 2. The first-order valence-electron chi connectivity index (χ1n) is 8.33. The molecule has 0 aliphatic heterocycles. The van der Waals surface area contributed by atoms with Crippen LogP contribution in [0.2, 0.25) is 0 Å². The average molecular weight is 346 g/mol. The number of carbonyl (C=O) groups excluding carboxylic acids is 1. The van der Waals surface area contributed by atoms with Gasteiger partial charge >= 0.3 is 0 Å². The summed E-state index contributed by atoms with van der Waals surface area (Å²) in [5, 5.41) is 12.7. The van der Waals surface area contributed by atoms with E-state index >= 15 is 0 Å². The summed E-state index contributed by atoms with van der Waals surface area (Å²) in [7, 11) is 1.63. The molecule has 1 atom stereocenters. The molecule has 0 radical (unpaired) electrons. The third-order valence-electron chi connectivity index (χ3n) is 4.49. The van der Waals surface area contributed by atoms with Crippen LogP contribution in [-0.2, 0) is 0 Å². The first kappa shape index (κ1) is 16.1. The van der Waals surface area contributed by atoms with Crippen molar-refractivity contribution < 1.29 is 9.53 Å². The fourth-order valence-electron chi connectivity index (χ4n) is 3.15. The third-order valence-corrected chi connectivity index (χ3v) is 4.49. The Kier molecular flexibility index (Phi) is 4.01. The summed E-state index contributed by atoms with van der Waals surface area (Å²) in [5.74, 6) is 0.597. The van der Waals surface area contributed by atoms with Gasteiger partial charge in [0.25, 0.3) is 5.91 Å². The summed E-state index contributed by atoms with van der Waals surface area (Å²) in [6, 6.07) is 13.0. The highest BCUT2D eigenvalue weighted by molar-refractivity contribution is 6.06. The van der Waals surface area contributed by atoms with Gasteiger partial charge in [-0.2, -0.15) is 5.10 Å². The lowest BCUT2D eigenvalue weighted by atomic mass is 10.0. The Bertz CT molecular complexity index is 1100. The van der Waals surface area contributed by atoms with E-state index in [2.05, 4.69) is 20.5 Å². The highest BCUT2D eigenvalue weighted by Gasteiger charge is 2.17. The second kappa shape index (κ2) is 6.48. The molecule has 2 heterocycles. The zero-order valence-electron chi connectivity index (χ0n) is 14.5. The van der Waals surface area contributed by atoms with Crippen molar-refractivity contribution >= 4 is 27.6 Å². The quantitative estimate of drug-likeness (QED) is 0.591. The minimum Gasteiger partial charge on any atom is -0.497 e. The number of benzene rings is 2. The maximum atomic E-state index is 12.8. The minimum atomic E-state index is -0.263. The van der Waals surface area contributed by atoms with E-state index in [1.165, 1.54) is 0 Å². The Hall–Kier alpha value is -3.41. The van der Waals surface area contributed by atoms with E-state index in [1.54, 1.807) is 25.6 Å². The summed E-state index contributed by atoms with van der Waals surface area (Å²) in [6.45, 7) is 1.93. The van der Waals surface area contributed by atoms with Gasteiger partial charge in [0, 0.05) is 17.0 Å². The van der Waals surface area contributed by atoms with Gasteiger partial charge in [0.1, 0.15) is 5.75 Å². The van der Waals surface area contributed by atoms with E-state index in [9.17, 15) is 4.79 Å². The molecule has 0 bridgehead atoms. The smallest absolute Gasteiger partial charge is 0.252 e. The van der Waals surface area contributed by atoms with Crippen molar-refractivity contribution in [3.63, 3.8) is 0 Å². The normalized spacial score (nSPS) is 12.2. The lowest BCUT2D eigenvalue weighted by molar-refractivity contribution is 0.0941. The van der Waals surface area contributed by atoms with Crippen molar-refractivity contribution in [1.29, 1.82) is 0 Å². The van der Waals surface area contributed by atoms with Gasteiger partial charge in [-0.1, -0.05) is 12.1 Å². The molecule has 2 N–H and O–H groups in total. The van der Waals surface area contributed by atoms with Gasteiger partial charge in [-0.3, -0.25) is 14.9 Å².